The number of nitro benzene ring substituents is 1. The van der Waals surface area contributed by atoms with E-state index in [4.69, 9.17) is 0 Å². The fourth-order valence-electron chi connectivity index (χ4n) is 3.49. The summed E-state index contributed by atoms with van der Waals surface area (Å²) in [6.45, 7) is 2.25. The van der Waals surface area contributed by atoms with Gasteiger partial charge in [-0.05, 0) is 54.5 Å². The Hall–Kier alpha value is -2.67. The number of carbonyl (C=O) groups is 1. The first kappa shape index (κ1) is 16.8. The molecule has 0 bridgehead atoms. The molecule has 2 atom stereocenters. The van der Waals surface area contributed by atoms with Crippen LogP contribution in [-0.2, 0) is 12.8 Å². The number of carbonyl (C=O) groups excluding carboxylic acids is 1. The van der Waals surface area contributed by atoms with Crippen LogP contribution in [0, 0.1) is 16.0 Å². The van der Waals surface area contributed by atoms with E-state index in [9.17, 15) is 14.9 Å². The molecule has 1 aromatic carbocycles. The molecule has 1 aromatic heterocycles. The second-order valence-corrected chi connectivity index (χ2v) is 7.96. The molecule has 0 radical (unpaired) electrons. The van der Waals surface area contributed by atoms with Crippen LogP contribution in [0.3, 0.4) is 0 Å². The molecule has 0 saturated heterocycles. The van der Waals surface area contributed by atoms with E-state index in [2.05, 4.69) is 17.6 Å². The van der Waals surface area contributed by atoms with Crippen molar-refractivity contribution in [2.45, 2.75) is 32.4 Å². The van der Waals surface area contributed by atoms with Crippen molar-refractivity contribution in [1.82, 2.24) is 5.32 Å². The highest BCUT2D eigenvalue weighted by Gasteiger charge is 2.31. The second-order valence-electron chi connectivity index (χ2n) is 6.86. The van der Waals surface area contributed by atoms with Crippen molar-refractivity contribution in [2.24, 2.45) is 5.92 Å². The van der Waals surface area contributed by atoms with Crippen LogP contribution < -0.4 is 10.6 Å². The molecule has 134 valence electrons. The number of hydrogen-bond donors (Lipinski definition) is 2. The molecule has 2 aliphatic rings. The molecule has 2 N–H and O–H groups in total. The highest BCUT2D eigenvalue weighted by molar-refractivity contribution is 7.16. The lowest BCUT2D eigenvalue weighted by Crippen LogP contribution is -2.43. The summed E-state index contributed by atoms with van der Waals surface area (Å²) < 4.78 is 0. The first-order valence-corrected chi connectivity index (χ1v) is 9.47. The number of fused-ring (bicyclic) bond motifs is 3. The van der Waals surface area contributed by atoms with Gasteiger partial charge < -0.3 is 10.6 Å². The molecule has 2 heterocycles. The lowest BCUT2D eigenvalue weighted by Gasteiger charge is -2.24. The van der Waals surface area contributed by atoms with Crippen molar-refractivity contribution in [1.29, 1.82) is 0 Å². The Morgan fingerprint density at radius 2 is 2.04 bits per heavy atom. The maximum atomic E-state index is 12.6. The van der Waals surface area contributed by atoms with E-state index in [-0.39, 0.29) is 17.8 Å². The van der Waals surface area contributed by atoms with Crippen LogP contribution in [0.1, 0.15) is 39.7 Å². The fourth-order valence-corrected chi connectivity index (χ4v) is 4.94. The van der Waals surface area contributed by atoms with Gasteiger partial charge in [-0.15, -0.1) is 11.3 Å². The number of amides is 1. The normalized spacial score (nSPS) is 21.7. The summed E-state index contributed by atoms with van der Waals surface area (Å²) in [6.07, 6.45) is 6.58. The number of nitrogens with one attached hydrogen (secondary N) is 2. The van der Waals surface area contributed by atoms with Crippen molar-refractivity contribution < 1.29 is 9.72 Å². The van der Waals surface area contributed by atoms with Crippen molar-refractivity contribution >= 4 is 34.0 Å². The lowest BCUT2D eigenvalue weighted by molar-refractivity contribution is -0.384. The van der Waals surface area contributed by atoms with Gasteiger partial charge in [-0.3, -0.25) is 14.9 Å². The molecule has 1 aliphatic heterocycles. The van der Waals surface area contributed by atoms with Gasteiger partial charge in [-0.25, -0.2) is 0 Å². The molecule has 2 aromatic rings. The molecule has 0 fully saturated rings. The van der Waals surface area contributed by atoms with Crippen molar-refractivity contribution in [3.05, 3.63) is 62.0 Å². The Morgan fingerprint density at radius 1 is 1.27 bits per heavy atom. The molecule has 1 amide bonds. The molecular formula is C19H19N3O3S. The van der Waals surface area contributed by atoms with Gasteiger partial charge in [0.2, 0.25) is 0 Å². The number of rotatable bonds is 3. The number of anilines is 1. The van der Waals surface area contributed by atoms with E-state index < -0.39 is 4.92 Å². The average Bonchev–Trinajstić information content (AvgIpc) is 2.98. The van der Waals surface area contributed by atoms with Crippen molar-refractivity contribution in [3.8, 4) is 0 Å². The smallest absolute Gasteiger partial charge is 0.269 e. The van der Waals surface area contributed by atoms with Crippen LogP contribution in [0.15, 0.2) is 30.3 Å². The number of thiophene rings is 1. The van der Waals surface area contributed by atoms with Crippen molar-refractivity contribution in [2.75, 3.05) is 5.32 Å². The maximum Gasteiger partial charge on any atom is 0.269 e. The van der Waals surface area contributed by atoms with E-state index >= 15 is 0 Å². The maximum absolute atomic E-state index is 12.6. The summed E-state index contributed by atoms with van der Waals surface area (Å²) in [5.74, 6) is 0.646. The number of non-ortho nitro benzene ring substituents is 1. The van der Waals surface area contributed by atoms with Gasteiger partial charge in [0.25, 0.3) is 11.6 Å². The highest BCUT2D eigenvalue weighted by Crippen LogP contribution is 2.41. The third kappa shape index (κ3) is 3.10. The summed E-state index contributed by atoms with van der Waals surface area (Å²) >= 11 is 1.70. The van der Waals surface area contributed by atoms with Gasteiger partial charge in [-0.1, -0.05) is 13.0 Å². The van der Waals surface area contributed by atoms with Gasteiger partial charge in [0.15, 0.2) is 0 Å². The Kier molecular flexibility index (Phi) is 4.24. The Morgan fingerprint density at radius 3 is 2.77 bits per heavy atom. The van der Waals surface area contributed by atoms with Gasteiger partial charge in [0.1, 0.15) is 11.2 Å². The first-order valence-electron chi connectivity index (χ1n) is 8.66. The molecule has 26 heavy (non-hydrogen) atoms. The van der Waals surface area contributed by atoms with E-state index in [1.807, 2.05) is 12.2 Å². The van der Waals surface area contributed by atoms with Crippen LogP contribution in [-0.4, -0.2) is 17.0 Å². The average molecular weight is 369 g/mol. The van der Waals surface area contributed by atoms with Gasteiger partial charge in [-0.2, -0.15) is 0 Å². The van der Waals surface area contributed by atoms with Gasteiger partial charge >= 0.3 is 0 Å². The molecule has 0 spiro atoms. The minimum absolute atomic E-state index is 0.0239. The number of nitrogens with zero attached hydrogens (tertiary/aromatic N) is 1. The van der Waals surface area contributed by atoms with Crippen LogP contribution in [0.2, 0.25) is 0 Å². The zero-order valence-electron chi connectivity index (χ0n) is 14.3. The second kappa shape index (κ2) is 6.57. The summed E-state index contributed by atoms with van der Waals surface area (Å²) in [5.41, 5.74) is 2.94. The quantitative estimate of drug-likeness (QED) is 0.633. The zero-order valence-corrected chi connectivity index (χ0v) is 15.1. The Labute approximate surface area is 155 Å². The van der Waals surface area contributed by atoms with Crippen LogP contribution >= 0.6 is 11.3 Å². The Balaban J connectivity index is 1.52. The highest BCUT2D eigenvalue weighted by atomic mass is 32.1. The minimum Gasteiger partial charge on any atom is -0.353 e. The SMILES string of the molecule is C[C@H]1CCc2c(sc3c2C(=O)N[C@H](/C=C/c2ccc([N+](=O)[O-])cc2)N3)C1. The summed E-state index contributed by atoms with van der Waals surface area (Å²) in [5, 5.41) is 18.0. The zero-order chi connectivity index (χ0) is 18.3. The lowest BCUT2D eigenvalue weighted by atomic mass is 9.88. The molecule has 6 nitrogen and oxygen atoms in total. The number of benzene rings is 1. The number of hydrogen-bond acceptors (Lipinski definition) is 5. The van der Waals surface area contributed by atoms with Crippen LogP contribution in [0.25, 0.3) is 6.08 Å². The molecule has 4 rings (SSSR count). The van der Waals surface area contributed by atoms with Crippen molar-refractivity contribution in [3.63, 3.8) is 0 Å². The summed E-state index contributed by atoms with van der Waals surface area (Å²) in [6, 6.07) is 6.32. The van der Waals surface area contributed by atoms with E-state index in [0.29, 0.717) is 5.92 Å². The molecule has 0 saturated carbocycles. The Bertz CT molecular complexity index is 901. The third-order valence-electron chi connectivity index (χ3n) is 4.90. The molecule has 7 heteroatoms. The first-order chi connectivity index (χ1) is 12.5. The standard InChI is InChI=1S/C19H19N3O3S/c1-11-2-8-14-15(10-11)26-19-17(14)18(23)20-16(21-19)9-5-12-3-6-13(7-4-12)22(24)25/h3-7,9,11,16,21H,2,8,10H2,1H3,(H,20,23)/b9-5+/t11-,16-/m0/s1. The van der Waals surface area contributed by atoms with E-state index in [0.717, 1.165) is 35.4 Å². The van der Waals surface area contributed by atoms with E-state index in [1.165, 1.54) is 22.6 Å². The minimum atomic E-state index is -0.419. The van der Waals surface area contributed by atoms with Gasteiger partial charge in [0, 0.05) is 17.0 Å². The predicted octanol–water partition coefficient (Wildman–Crippen LogP) is 3.98. The van der Waals surface area contributed by atoms with E-state index in [1.54, 1.807) is 23.5 Å². The summed E-state index contributed by atoms with van der Waals surface area (Å²) in [7, 11) is 0. The predicted molar refractivity (Wildman–Crippen MR) is 103 cm³/mol. The topological polar surface area (TPSA) is 84.3 Å². The molecule has 1 aliphatic carbocycles. The fraction of sp³-hybridized carbons (Fsp3) is 0.316. The third-order valence-corrected chi connectivity index (χ3v) is 6.08. The monoisotopic (exact) mass is 369 g/mol. The van der Waals surface area contributed by atoms with Crippen LogP contribution in [0.5, 0.6) is 0 Å². The summed E-state index contributed by atoms with van der Waals surface area (Å²) in [4.78, 5) is 24.2. The van der Waals surface area contributed by atoms with Crippen LogP contribution in [0.4, 0.5) is 10.7 Å². The number of nitro groups is 1. The van der Waals surface area contributed by atoms with Gasteiger partial charge in [0.05, 0.1) is 10.5 Å². The largest absolute Gasteiger partial charge is 0.353 e. The molecule has 0 unspecified atom stereocenters. The molecular weight excluding hydrogens is 350 g/mol.